The molecule has 5 rings (SSSR count). The van der Waals surface area contributed by atoms with Crippen LogP contribution in [-0.4, -0.2) is 64.2 Å². The Morgan fingerprint density at radius 1 is 1.05 bits per heavy atom. The quantitative estimate of drug-likeness (QED) is 0.369. The molecule has 206 valence electrons. The Morgan fingerprint density at radius 3 is 2.56 bits per heavy atom. The molecule has 0 N–H and O–H groups in total. The van der Waals surface area contributed by atoms with Crippen LogP contribution < -0.4 is 4.74 Å². The molecule has 0 amide bonds. The van der Waals surface area contributed by atoms with Crippen molar-refractivity contribution in [3.05, 3.63) is 60.2 Å². The van der Waals surface area contributed by atoms with Crippen molar-refractivity contribution in [1.82, 2.24) is 24.9 Å². The van der Waals surface area contributed by atoms with Gasteiger partial charge in [0.1, 0.15) is 11.6 Å². The van der Waals surface area contributed by atoms with E-state index in [0.29, 0.717) is 68.5 Å². The summed E-state index contributed by atoms with van der Waals surface area (Å²) in [7, 11) is -3.34. The number of nitrogens with zero attached hydrogens (tertiary/aromatic N) is 5. The fraction of sp³-hybridized carbons (Fsp3) is 0.500. The normalized spacial score (nSPS) is 17.7. The Labute approximate surface area is 228 Å². The van der Waals surface area contributed by atoms with Gasteiger partial charge in [0, 0.05) is 43.3 Å². The molecule has 1 aliphatic carbocycles. The second-order valence-corrected chi connectivity index (χ2v) is 12.4. The van der Waals surface area contributed by atoms with Crippen LogP contribution in [0.3, 0.4) is 0 Å². The predicted octanol–water partition coefficient (Wildman–Crippen LogP) is 3.44. The van der Waals surface area contributed by atoms with E-state index in [2.05, 4.69) is 24.9 Å². The lowest BCUT2D eigenvalue weighted by Gasteiger charge is -2.35. The summed E-state index contributed by atoms with van der Waals surface area (Å²) in [6, 6.07) is 5.41. The minimum atomic E-state index is -3.34. The molecule has 10 nitrogen and oxygen atoms in total. The Hall–Kier alpha value is -3.31. The molecule has 2 fully saturated rings. The zero-order valence-corrected chi connectivity index (χ0v) is 22.9. The van der Waals surface area contributed by atoms with Gasteiger partial charge in [-0.3, -0.25) is 14.8 Å². The third-order valence-electron chi connectivity index (χ3n) is 7.58. The van der Waals surface area contributed by atoms with Gasteiger partial charge < -0.3 is 9.47 Å². The van der Waals surface area contributed by atoms with Gasteiger partial charge in [-0.1, -0.05) is 12.8 Å². The molecule has 0 atom stereocenters. The van der Waals surface area contributed by atoms with Crippen molar-refractivity contribution in [3.63, 3.8) is 0 Å². The highest BCUT2D eigenvalue weighted by atomic mass is 32.2. The van der Waals surface area contributed by atoms with Crippen molar-refractivity contribution in [3.8, 4) is 17.1 Å². The number of pyridine rings is 1. The molecule has 3 aromatic heterocycles. The first-order chi connectivity index (χ1) is 18.9. The number of rotatable bonds is 10. The molecular formula is C28H33N5O5S. The second-order valence-electron chi connectivity index (χ2n) is 10.1. The number of Topliss-reactive ketones (excluding diaryl/α,β-unsaturated/α-hetero) is 1. The van der Waals surface area contributed by atoms with E-state index in [1.165, 1.54) is 0 Å². The molecule has 4 heterocycles. The van der Waals surface area contributed by atoms with Gasteiger partial charge in [0.2, 0.25) is 5.88 Å². The van der Waals surface area contributed by atoms with Gasteiger partial charge in [-0.2, -0.15) is 0 Å². The lowest BCUT2D eigenvalue weighted by molar-refractivity contribution is -0.127. The summed E-state index contributed by atoms with van der Waals surface area (Å²) in [5, 5.41) is -0.329. The fourth-order valence-electron chi connectivity index (χ4n) is 5.40. The summed E-state index contributed by atoms with van der Waals surface area (Å²) in [5.74, 6) is 0.460. The molecule has 2 aliphatic rings. The lowest BCUT2D eigenvalue weighted by atomic mass is 9.72. The first-order valence-corrected chi connectivity index (χ1v) is 15.2. The van der Waals surface area contributed by atoms with Crippen molar-refractivity contribution < 1.29 is 22.7 Å². The highest BCUT2D eigenvalue weighted by Crippen LogP contribution is 2.36. The van der Waals surface area contributed by atoms with Crippen LogP contribution in [0.1, 0.15) is 62.7 Å². The van der Waals surface area contributed by atoms with Crippen LogP contribution in [0.25, 0.3) is 11.3 Å². The molecule has 1 saturated carbocycles. The largest absolute Gasteiger partial charge is 0.477 e. The summed E-state index contributed by atoms with van der Waals surface area (Å²) in [6.07, 6.45) is 10.7. The van der Waals surface area contributed by atoms with Gasteiger partial charge in [-0.05, 0) is 50.8 Å². The number of sulfone groups is 1. The number of aromatic nitrogens is 5. The molecule has 3 aromatic rings. The predicted molar refractivity (Wildman–Crippen MR) is 144 cm³/mol. The number of carbonyl (C=O) groups is 1. The Balaban J connectivity index is 1.35. The van der Waals surface area contributed by atoms with Gasteiger partial charge in [-0.25, -0.2) is 23.4 Å². The van der Waals surface area contributed by atoms with E-state index >= 15 is 0 Å². The zero-order valence-electron chi connectivity index (χ0n) is 22.1. The van der Waals surface area contributed by atoms with Crippen LogP contribution in [0.15, 0.2) is 43.0 Å². The second kappa shape index (κ2) is 11.8. The Morgan fingerprint density at radius 2 is 1.85 bits per heavy atom. The summed E-state index contributed by atoms with van der Waals surface area (Å²) in [5.41, 5.74) is 1.70. The van der Waals surface area contributed by atoms with Crippen molar-refractivity contribution in [2.24, 2.45) is 0 Å². The van der Waals surface area contributed by atoms with Crippen LogP contribution in [-0.2, 0) is 37.0 Å². The van der Waals surface area contributed by atoms with Gasteiger partial charge in [-0.15, -0.1) is 0 Å². The molecule has 0 bridgehead atoms. The standard InChI is InChI=1S/C28H33N5O5S/c1-2-38-27-18-29-17-23(32-27)20-7-8-21(31-16-20)15-25(34)28(10-13-37-14-11-28)24-9-12-30-26(33-24)19-39(35,36)22-5-3-4-6-22/h7-9,12,16-18,22H,2-6,10-11,13-15,19H2,1H3. The molecule has 11 heteroatoms. The van der Waals surface area contributed by atoms with Gasteiger partial charge >= 0.3 is 0 Å². The maximum atomic E-state index is 13.9. The van der Waals surface area contributed by atoms with Gasteiger partial charge in [0.15, 0.2) is 15.6 Å². The maximum absolute atomic E-state index is 13.9. The summed E-state index contributed by atoms with van der Waals surface area (Å²) >= 11 is 0. The van der Waals surface area contributed by atoms with E-state index in [0.717, 1.165) is 18.4 Å². The maximum Gasteiger partial charge on any atom is 0.232 e. The number of hydrogen-bond acceptors (Lipinski definition) is 10. The van der Waals surface area contributed by atoms with E-state index in [9.17, 15) is 13.2 Å². The Bertz CT molecular complexity index is 1400. The third kappa shape index (κ3) is 6.14. The van der Waals surface area contributed by atoms with E-state index < -0.39 is 15.3 Å². The summed E-state index contributed by atoms with van der Waals surface area (Å²) in [6.45, 7) is 3.22. The first-order valence-electron chi connectivity index (χ1n) is 13.4. The van der Waals surface area contributed by atoms with Gasteiger partial charge in [0.05, 0.1) is 41.1 Å². The monoisotopic (exact) mass is 551 g/mol. The lowest BCUT2D eigenvalue weighted by Crippen LogP contribution is -2.43. The van der Waals surface area contributed by atoms with E-state index in [-0.39, 0.29) is 29.0 Å². The number of hydrogen-bond donors (Lipinski definition) is 0. The molecule has 1 saturated heterocycles. The molecular weight excluding hydrogens is 518 g/mol. The fourth-order valence-corrected chi connectivity index (χ4v) is 7.18. The minimum Gasteiger partial charge on any atom is -0.477 e. The number of ketones is 1. The summed E-state index contributed by atoms with van der Waals surface area (Å²) in [4.78, 5) is 35.9. The van der Waals surface area contributed by atoms with Gasteiger partial charge in [0.25, 0.3) is 0 Å². The molecule has 39 heavy (non-hydrogen) atoms. The summed E-state index contributed by atoms with van der Waals surface area (Å²) < 4.78 is 36.9. The van der Waals surface area contributed by atoms with Crippen molar-refractivity contribution >= 4 is 15.6 Å². The van der Waals surface area contributed by atoms with E-state index in [1.54, 1.807) is 30.9 Å². The van der Waals surface area contributed by atoms with E-state index in [4.69, 9.17) is 9.47 Å². The molecule has 0 unspecified atom stereocenters. The molecule has 1 aliphatic heterocycles. The molecule has 0 aromatic carbocycles. The zero-order chi connectivity index (χ0) is 27.3. The average molecular weight is 552 g/mol. The van der Waals surface area contributed by atoms with Crippen molar-refractivity contribution in [2.45, 2.75) is 68.3 Å². The smallest absolute Gasteiger partial charge is 0.232 e. The first kappa shape index (κ1) is 27.3. The minimum absolute atomic E-state index is 0.0208. The third-order valence-corrected chi connectivity index (χ3v) is 9.73. The highest BCUT2D eigenvalue weighted by molar-refractivity contribution is 7.91. The number of ether oxygens (including phenoxy) is 2. The topological polar surface area (TPSA) is 134 Å². The van der Waals surface area contributed by atoms with E-state index in [1.807, 2.05) is 19.1 Å². The molecule has 0 radical (unpaired) electrons. The van der Waals surface area contributed by atoms with Crippen LogP contribution in [0.5, 0.6) is 5.88 Å². The van der Waals surface area contributed by atoms with Crippen LogP contribution in [0, 0.1) is 0 Å². The van der Waals surface area contributed by atoms with Crippen molar-refractivity contribution in [2.75, 3.05) is 19.8 Å². The number of carbonyl (C=O) groups excluding carboxylic acids is 1. The van der Waals surface area contributed by atoms with Crippen molar-refractivity contribution in [1.29, 1.82) is 0 Å². The average Bonchev–Trinajstić information content (AvgIpc) is 3.51. The van der Waals surface area contributed by atoms with Crippen LogP contribution in [0.2, 0.25) is 0 Å². The SMILES string of the molecule is CCOc1cncc(-c2ccc(CC(=O)C3(c4ccnc(CS(=O)(=O)C5CCCC5)n4)CCOCC3)nc2)n1. The highest BCUT2D eigenvalue weighted by Gasteiger charge is 2.43. The molecule has 0 spiro atoms. The van der Waals surface area contributed by atoms with Crippen LogP contribution in [0.4, 0.5) is 0 Å². The van der Waals surface area contributed by atoms with Crippen LogP contribution >= 0.6 is 0 Å². The Kier molecular flexibility index (Phi) is 8.27.